The number of likely N-dealkylation sites (N-methyl/N-ethyl adjacent to an activating group) is 1. The Labute approximate surface area is 93.8 Å². The van der Waals surface area contributed by atoms with Crippen molar-refractivity contribution in [1.29, 1.82) is 0 Å². The topological polar surface area (TPSA) is 41.1 Å². The monoisotopic (exact) mass is 224 g/mol. The molecule has 0 saturated carbocycles. The molecule has 2 rings (SSSR count). The Kier molecular flexibility index (Phi) is 2.67. The minimum atomic E-state index is -0.308. The van der Waals surface area contributed by atoms with E-state index in [1.165, 1.54) is 0 Å². The van der Waals surface area contributed by atoms with Gasteiger partial charge in [0.2, 0.25) is 5.91 Å². The molecule has 0 aliphatic carbocycles. The molecule has 0 fully saturated rings. The maximum atomic E-state index is 11.7. The van der Waals surface area contributed by atoms with Crippen molar-refractivity contribution in [2.75, 3.05) is 11.9 Å². The lowest BCUT2D eigenvalue weighted by Crippen LogP contribution is -2.27. The first-order valence-corrected chi connectivity index (χ1v) is 5.36. The summed E-state index contributed by atoms with van der Waals surface area (Å²) in [5, 5.41) is 6.62. The maximum Gasteiger partial charge on any atom is 0.246 e. The highest BCUT2D eigenvalue weighted by atomic mass is 35.5. The number of anilines is 1. The number of rotatable bonds is 2. The van der Waals surface area contributed by atoms with Gasteiger partial charge >= 0.3 is 0 Å². The number of aryl methyl sites for hydroxylation is 1. The van der Waals surface area contributed by atoms with Crippen molar-refractivity contribution in [2.45, 2.75) is 19.9 Å². The highest BCUT2D eigenvalue weighted by Crippen LogP contribution is 2.38. The third-order valence-corrected chi connectivity index (χ3v) is 2.94. The first-order chi connectivity index (χ1) is 7.15. The van der Waals surface area contributed by atoms with Crippen LogP contribution in [0.25, 0.3) is 0 Å². The lowest BCUT2D eigenvalue weighted by molar-refractivity contribution is -0.117. The number of amides is 1. The Morgan fingerprint density at radius 2 is 2.27 bits per heavy atom. The summed E-state index contributed by atoms with van der Waals surface area (Å²) < 4.78 is 0. The van der Waals surface area contributed by atoms with Gasteiger partial charge in [0.15, 0.2) is 0 Å². The molecule has 0 bridgehead atoms. The first kappa shape index (κ1) is 10.5. The Morgan fingerprint density at radius 3 is 2.93 bits per heavy atom. The van der Waals surface area contributed by atoms with E-state index in [2.05, 4.69) is 10.6 Å². The largest absolute Gasteiger partial charge is 0.324 e. The van der Waals surface area contributed by atoms with E-state index in [0.29, 0.717) is 5.02 Å². The van der Waals surface area contributed by atoms with Crippen LogP contribution in [-0.2, 0) is 4.79 Å². The number of fused-ring (bicyclic) bond motifs is 1. The second kappa shape index (κ2) is 3.83. The third kappa shape index (κ3) is 1.62. The number of hydrogen-bond acceptors (Lipinski definition) is 2. The summed E-state index contributed by atoms with van der Waals surface area (Å²) in [6, 6.07) is 3.44. The van der Waals surface area contributed by atoms with Crippen LogP contribution >= 0.6 is 11.6 Å². The van der Waals surface area contributed by atoms with Crippen LogP contribution in [-0.4, -0.2) is 12.5 Å². The first-order valence-electron chi connectivity index (χ1n) is 4.98. The SMILES string of the molecule is CCNC1C(=O)Nc2c(C)ccc(Cl)c21. The molecule has 1 aromatic rings. The van der Waals surface area contributed by atoms with E-state index in [1.807, 2.05) is 26.0 Å². The van der Waals surface area contributed by atoms with Crippen LogP contribution in [0.3, 0.4) is 0 Å². The van der Waals surface area contributed by atoms with E-state index >= 15 is 0 Å². The fraction of sp³-hybridized carbons (Fsp3) is 0.364. The van der Waals surface area contributed by atoms with E-state index in [4.69, 9.17) is 11.6 Å². The summed E-state index contributed by atoms with van der Waals surface area (Å²) in [7, 11) is 0. The molecule has 1 unspecified atom stereocenters. The molecule has 1 aliphatic rings. The minimum Gasteiger partial charge on any atom is -0.324 e. The van der Waals surface area contributed by atoms with E-state index in [0.717, 1.165) is 23.4 Å². The van der Waals surface area contributed by atoms with E-state index in [-0.39, 0.29) is 11.9 Å². The summed E-state index contributed by atoms with van der Waals surface area (Å²) >= 11 is 6.11. The van der Waals surface area contributed by atoms with Crippen LogP contribution < -0.4 is 10.6 Å². The number of carbonyl (C=O) groups is 1. The normalized spacial score (nSPS) is 18.9. The van der Waals surface area contributed by atoms with Crippen molar-refractivity contribution >= 4 is 23.2 Å². The van der Waals surface area contributed by atoms with Gasteiger partial charge in [0.05, 0.1) is 5.69 Å². The van der Waals surface area contributed by atoms with Gasteiger partial charge in [-0.15, -0.1) is 0 Å². The lowest BCUT2D eigenvalue weighted by atomic mass is 10.1. The van der Waals surface area contributed by atoms with Gasteiger partial charge in [0.25, 0.3) is 0 Å². The smallest absolute Gasteiger partial charge is 0.246 e. The molecule has 15 heavy (non-hydrogen) atoms. The van der Waals surface area contributed by atoms with Crippen LogP contribution in [0.2, 0.25) is 5.02 Å². The van der Waals surface area contributed by atoms with Crippen molar-refractivity contribution in [3.63, 3.8) is 0 Å². The zero-order chi connectivity index (χ0) is 11.0. The van der Waals surface area contributed by atoms with E-state index in [9.17, 15) is 4.79 Å². The molecule has 2 N–H and O–H groups in total. The minimum absolute atomic E-state index is 0.0250. The van der Waals surface area contributed by atoms with Crippen LogP contribution in [0.4, 0.5) is 5.69 Å². The van der Waals surface area contributed by atoms with Crippen molar-refractivity contribution < 1.29 is 4.79 Å². The lowest BCUT2D eigenvalue weighted by Gasteiger charge is -2.11. The molecule has 0 radical (unpaired) electrons. The average molecular weight is 225 g/mol. The number of benzene rings is 1. The van der Waals surface area contributed by atoms with Crippen molar-refractivity contribution in [2.24, 2.45) is 0 Å². The molecule has 1 aromatic carbocycles. The quantitative estimate of drug-likeness (QED) is 0.809. The third-order valence-electron chi connectivity index (χ3n) is 2.61. The van der Waals surface area contributed by atoms with Gasteiger partial charge in [0.1, 0.15) is 6.04 Å². The van der Waals surface area contributed by atoms with Gasteiger partial charge in [-0.25, -0.2) is 0 Å². The zero-order valence-electron chi connectivity index (χ0n) is 8.73. The number of nitrogens with one attached hydrogen (secondary N) is 2. The molecular formula is C11H13ClN2O. The highest BCUT2D eigenvalue weighted by molar-refractivity contribution is 6.32. The van der Waals surface area contributed by atoms with Gasteiger partial charge in [-0.1, -0.05) is 24.6 Å². The van der Waals surface area contributed by atoms with Crippen LogP contribution in [0.5, 0.6) is 0 Å². The molecule has 1 atom stereocenters. The van der Waals surface area contributed by atoms with Crippen LogP contribution in [0.15, 0.2) is 12.1 Å². The Morgan fingerprint density at radius 1 is 1.53 bits per heavy atom. The zero-order valence-corrected chi connectivity index (χ0v) is 9.48. The second-order valence-corrected chi connectivity index (χ2v) is 4.04. The van der Waals surface area contributed by atoms with Crippen molar-refractivity contribution in [3.05, 3.63) is 28.3 Å². The maximum absolute atomic E-state index is 11.7. The molecule has 0 spiro atoms. The summed E-state index contributed by atoms with van der Waals surface area (Å²) in [5.41, 5.74) is 2.78. The van der Waals surface area contributed by atoms with Crippen LogP contribution in [0, 0.1) is 6.92 Å². The summed E-state index contributed by atoms with van der Waals surface area (Å²) in [4.78, 5) is 11.7. The average Bonchev–Trinajstić information content (AvgIpc) is 2.53. The summed E-state index contributed by atoms with van der Waals surface area (Å²) in [5.74, 6) is -0.0250. The van der Waals surface area contributed by atoms with Gasteiger partial charge in [-0.05, 0) is 25.1 Å². The Bertz CT molecular complexity index is 417. The fourth-order valence-electron chi connectivity index (χ4n) is 1.88. The molecule has 3 nitrogen and oxygen atoms in total. The van der Waals surface area contributed by atoms with Gasteiger partial charge in [0, 0.05) is 10.6 Å². The molecule has 4 heteroatoms. The fourth-order valence-corrected chi connectivity index (χ4v) is 2.14. The van der Waals surface area contributed by atoms with Crippen molar-refractivity contribution in [1.82, 2.24) is 5.32 Å². The molecule has 0 aromatic heterocycles. The summed E-state index contributed by atoms with van der Waals surface area (Å²) in [6.07, 6.45) is 0. The Balaban J connectivity index is 2.52. The molecule has 1 heterocycles. The van der Waals surface area contributed by atoms with Gasteiger partial charge < -0.3 is 10.6 Å². The van der Waals surface area contributed by atoms with Crippen molar-refractivity contribution in [3.8, 4) is 0 Å². The predicted octanol–water partition coefficient (Wildman–Crippen LogP) is 2.25. The molecule has 1 aliphatic heterocycles. The standard InChI is InChI=1S/C11H13ClN2O/c1-3-13-10-8-7(12)5-4-6(2)9(8)14-11(10)15/h4-5,10,13H,3H2,1-2H3,(H,14,15). The number of halogens is 1. The van der Waals surface area contributed by atoms with E-state index in [1.54, 1.807) is 0 Å². The Hall–Kier alpha value is -1.06. The molecule has 1 amide bonds. The molecule has 0 saturated heterocycles. The second-order valence-electron chi connectivity index (χ2n) is 3.63. The molecule has 80 valence electrons. The van der Waals surface area contributed by atoms with Gasteiger partial charge in [-0.3, -0.25) is 4.79 Å². The number of carbonyl (C=O) groups excluding carboxylic acids is 1. The predicted molar refractivity (Wildman–Crippen MR) is 61.2 cm³/mol. The van der Waals surface area contributed by atoms with E-state index < -0.39 is 0 Å². The van der Waals surface area contributed by atoms with Crippen LogP contribution in [0.1, 0.15) is 24.1 Å². The highest BCUT2D eigenvalue weighted by Gasteiger charge is 2.32. The van der Waals surface area contributed by atoms with Gasteiger partial charge in [-0.2, -0.15) is 0 Å². The molecular weight excluding hydrogens is 212 g/mol. The number of hydrogen-bond donors (Lipinski definition) is 2. The summed E-state index contributed by atoms with van der Waals surface area (Å²) in [6.45, 7) is 4.67.